The molecule has 0 spiro atoms. The highest BCUT2D eigenvalue weighted by Gasteiger charge is 2.11. The van der Waals surface area contributed by atoms with Crippen molar-refractivity contribution in [2.45, 2.75) is 39.4 Å². The molecule has 0 bridgehead atoms. The second kappa shape index (κ2) is 8.69. The van der Waals surface area contributed by atoms with Crippen molar-refractivity contribution in [1.29, 1.82) is 0 Å². The van der Waals surface area contributed by atoms with Crippen molar-refractivity contribution >= 4 is 0 Å². The van der Waals surface area contributed by atoms with Crippen molar-refractivity contribution in [1.82, 2.24) is 0 Å². The van der Waals surface area contributed by atoms with Crippen LogP contribution in [0.3, 0.4) is 0 Å². The van der Waals surface area contributed by atoms with Gasteiger partial charge in [0.05, 0.1) is 0 Å². The quantitative estimate of drug-likeness (QED) is 0.761. The predicted molar refractivity (Wildman–Crippen MR) is 93.2 cm³/mol. The van der Waals surface area contributed by atoms with E-state index in [2.05, 4.69) is 19.9 Å². The monoisotopic (exact) mass is 348 g/mol. The fraction of sp³-hybridized carbons (Fsp3) is 0.421. The van der Waals surface area contributed by atoms with Gasteiger partial charge in [-0.3, -0.25) is 4.79 Å². The zero-order valence-electron chi connectivity index (χ0n) is 14.7. The lowest BCUT2D eigenvalue weighted by Crippen LogP contribution is -2.26. The van der Waals surface area contributed by atoms with Crippen LogP contribution in [0.1, 0.15) is 36.7 Å². The molecule has 0 radical (unpaired) electrons. The van der Waals surface area contributed by atoms with Crippen molar-refractivity contribution in [3.63, 3.8) is 0 Å². The minimum Gasteiger partial charge on any atom is -0.490 e. The molecule has 2 aromatic rings. The maximum atomic E-state index is 11.7. The second-order valence-corrected chi connectivity index (χ2v) is 6.19. The summed E-state index contributed by atoms with van der Waals surface area (Å²) >= 11 is 0. The van der Waals surface area contributed by atoms with Crippen LogP contribution in [0.4, 0.5) is 0 Å². The average Bonchev–Trinajstić information content (AvgIpc) is 2.59. The summed E-state index contributed by atoms with van der Waals surface area (Å²) in [6.07, 6.45) is 0.219. The molecule has 136 valence electrons. The Morgan fingerprint density at radius 1 is 1.12 bits per heavy atom. The molecule has 25 heavy (non-hydrogen) atoms. The minimum atomic E-state index is -0.904. The standard InChI is InChI=1S/C19H24O6/c1-12(2)14-5-4-13(3)18(6-14)24-9-15(21)10-25-19-11-23-16(8-20)7-17(19)22/h4-7,11-12,15,20-21H,8-10H2,1-3H3. The molecule has 0 aliphatic carbocycles. The van der Waals surface area contributed by atoms with Crippen LogP contribution in [-0.2, 0) is 6.61 Å². The predicted octanol–water partition coefficient (Wildman–Crippen LogP) is 2.38. The normalized spacial score (nSPS) is 12.2. The zero-order valence-corrected chi connectivity index (χ0v) is 14.7. The third-order valence-electron chi connectivity index (χ3n) is 3.75. The van der Waals surface area contributed by atoms with Gasteiger partial charge in [-0.1, -0.05) is 26.0 Å². The maximum absolute atomic E-state index is 11.7. The van der Waals surface area contributed by atoms with E-state index in [1.54, 1.807) is 0 Å². The molecule has 6 heteroatoms. The fourth-order valence-corrected chi connectivity index (χ4v) is 2.18. The summed E-state index contributed by atoms with van der Waals surface area (Å²) < 4.78 is 16.0. The van der Waals surface area contributed by atoms with Gasteiger partial charge in [-0.25, -0.2) is 0 Å². The Bertz CT molecular complexity index is 750. The molecule has 0 aliphatic heterocycles. The molecule has 0 saturated carbocycles. The smallest absolute Gasteiger partial charge is 0.227 e. The summed E-state index contributed by atoms with van der Waals surface area (Å²) in [7, 11) is 0. The van der Waals surface area contributed by atoms with Gasteiger partial charge >= 0.3 is 0 Å². The van der Waals surface area contributed by atoms with E-state index in [0.717, 1.165) is 29.2 Å². The van der Waals surface area contributed by atoms with Gasteiger partial charge in [-0.15, -0.1) is 0 Å². The Labute approximate surface area is 146 Å². The Hall–Kier alpha value is -2.31. The molecule has 0 amide bonds. The molecular formula is C19H24O6. The van der Waals surface area contributed by atoms with Crippen LogP contribution in [0.5, 0.6) is 11.5 Å². The fourth-order valence-electron chi connectivity index (χ4n) is 2.18. The Morgan fingerprint density at radius 2 is 1.80 bits per heavy atom. The van der Waals surface area contributed by atoms with Gasteiger partial charge in [0.1, 0.15) is 43.7 Å². The minimum absolute atomic E-state index is 0.0192. The van der Waals surface area contributed by atoms with Crippen LogP contribution >= 0.6 is 0 Å². The SMILES string of the molecule is Cc1ccc(C(C)C)cc1OCC(O)COc1coc(CO)cc1=O. The first-order chi connectivity index (χ1) is 11.9. The molecule has 1 atom stereocenters. The van der Waals surface area contributed by atoms with Crippen molar-refractivity contribution in [3.05, 3.63) is 57.6 Å². The number of ether oxygens (including phenoxy) is 2. The molecule has 2 N–H and O–H groups in total. The van der Waals surface area contributed by atoms with Gasteiger partial charge < -0.3 is 24.1 Å². The molecular weight excluding hydrogens is 324 g/mol. The largest absolute Gasteiger partial charge is 0.490 e. The molecule has 1 aromatic heterocycles. The number of hydrogen-bond donors (Lipinski definition) is 2. The lowest BCUT2D eigenvalue weighted by atomic mass is 10.0. The van der Waals surface area contributed by atoms with Crippen LogP contribution in [0.15, 0.2) is 39.7 Å². The highest BCUT2D eigenvalue weighted by molar-refractivity contribution is 5.37. The molecule has 2 rings (SSSR count). The van der Waals surface area contributed by atoms with E-state index in [0.29, 0.717) is 5.92 Å². The summed E-state index contributed by atoms with van der Waals surface area (Å²) in [5, 5.41) is 18.9. The molecule has 1 unspecified atom stereocenters. The van der Waals surface area contributed by atoms with E-state index < -0.39 is 11.5 Å². The summed E-state index contributed by atoms with van der Waals surface area (Å²) in [6.45, 7) is 5.72. The second-order valence-electron chi connectivity index (χ2n) is 6.19. The highest BCUT2D eigenvalue weighted by Crippen LogP contribution is 2.24. The number of aliphatic hydroxyl groups is 2. The van der Waals surface area contributed by atoms with Crippen LogP contribution in [0.25, 0.3) is 0 Å². The van der Waals surface area contributed by atoms with Crippen LogP contribution in [0, 0.1) is 6.92 Å². The van der Waals surface area contributed by atoms with E-state index in [9.17, 15) is 9.90 Å². The Balaban J connectivity index is 1.90. The van der Waals surface area contributed by atoms with E-state index in [1.165, 1.54) is 0 Å². The van der Waals surface area contributed by atoms with Crippen LogP contribution in [0.2, 0.25) is 0 Å². The summed E-state index contributed by atoms with van der Waals surface area (Å²) in [5.41, 5.74) is 1.73. The van der Waals surface area contributed by atoms with Crippen molar-refractivity contribution in [2.24, 2.45) is 0 Å². The van der Waals surface area contributed by atoms with Crippen molar-refractivity contribution in [3.8, 4) is 11.5 Å². The van der Waals surface area contributed by atoms with E-state index >= 15 is 0 Å². The lowest BCUT2D eigenvalue weighted by molar-refractivity contribution is 0.0610. The maximum Gasteiger partial charge on any atom is 0.227 e. The molecule has 0 aliphatic rings. The molecule has 6 nitrogen and oxygen atoms in total. The van der Waals surface area contributed by atoms with Gasteiger partial charge in [0.15, 0.2) is 0 Å². The topological polar surface area (TPSA) is 89.1 Å². The van der Waals surface area contributed by atoms with Gasteiger partial charge in [0, 0.05) is 6.07 Å². The number of hydrogen-bond acceptors (Lipinski definition) is 6. The van der Waals surface area contributed by atoms with Gasteiger partial charge in [0.2, 0.25) is 11.2 Å². The summed E-state index contributed by atoms with van der Waals surface area (Å²) in [5.74, 6) is 1.24. The molecule has 1 aromatic carbocycles. The number of aryl methyl sites for hydroxylation is 1. The summed E-state index contributed by atoms with van der Waals surface area (Å²) in [4.78, 5) is 11.7. The van der Waals surface area contributed by atoms with Gasteiger partial charge in [0.25, 0.3) is 0 Å². The zero-order chi connectivity index (χ0) is 18.4. The van der Waals surface area contributed by atoms with Crippen molar-refractivity contribution in [2.75, 3.05) is 13.2 Å². The Kier molecular flexibility index (Phi) is 6.61. The molecule has 0 saturated heterocycles. The number of benzene rings is 1. The molecule has 0 fully saturated rings. The first-order valence-electron chi connectivity index (χ1n) is 8.17. The lowest BCUT2D eigenvalue weighted by Gasteiger charge is -2.16. The first kappa shape index (κ1) is 19.0. The number of aliphatic hydroxyl groups excluding tert-OH is 2. The van der Waals surface area contributed by atoms with Crippen LogP contribution < -0.4 is 14.9 Å². The van der Waals surface area contributed by atoms with E-state index in [4.69, 9.17) is 19.0 Å². The van der Waals surface area contributed by atoms with Gasteiger partial charge in [-0.05, 0) is 30.0 Å². The average molecular weight is 348 g/mol. The van der Waals surface area contributed by atoms with Crippen molar-refractivity contribution < 1.29 is 24.1 Å². The molecule has 1 heterocycles. The third kappa shape index (κ3) is 5.34. The Morgan fingerprint density at radius 3 is 2.40 bits per heavy atom. The third-order valence-corrected chi connectivity index (χ3v) is 3.75. The van der Waals surface area contributed by atoms with E-state index in [1.807, 2.05) is 19.1 Å². The van der Waals surface area contributed by atoms with Crippen LogP contribution in [-0.4, -0.2) is 29.5 Å². The van der Waals surface area contributed by atoms with Gasteiger partial charge in [-0.2, -0.15) is 0 Å². The highest BCUT2D eigenvalue weighted by atomic mass is 16.5. The van der Waals surface area contributed by atoms with E-state index in [-0.39, 0.29) is 31.3 Å². The first-order valence-corrected chi connectivity index (χ1v) is 8.17. The summed E-state index contributed by atoms with van der Waals surface area (Å²) in [6, 6.07) is 7.16. The number of rotatable bonds is 8.